The molecule has 0 fully saturated rings. The molecule has 1 atom stereocenters. The van der Waals surface area contributed by atoms with Crippen molar-refractivity contribution in [2.75, 3.05) is 14.1 Å². The average molecular weight is 251 g/mol. The van der Waals surface area contributed by atoms with Crippen LogP contribution in [0.1, 0.15) is 17.6 Å². The first-order valence-electron chi connectivity index (χ1n) is 5.45. The molecule has 0 aromatic carbocycles. The quantitative estimate of drug-likeness (QED) is 0.694. The van der Waals surface area contributed by atoms with Gasteiger partial charge < -0.3 is 20.4 Å². The maximum atomic E-state index is 11.6. The van der Waals surface area contributed by atoms with Gasteiger partial charge in [-0.15, -0.1) is 0 Å². The molecular weight excluding hydrogens is 234 g/mol. The lowest BCUT2D eigenvalue weighted by Gasteiger charge is -2.17. The minimum absolute atomic E-state index is 0.204. The molecule has 1 aromatic rings. The van der Waals surface area contributed by atoms with E-state index in [2.05, 4.69) is 22.5 Å². The van der Waals surface area contributed by atoms with Crippen LogP contribution in [-0.2, 0) is 4.79 Å². The second kappa shape index (κ2) is 5.90. The highest BCUT2D eigenvalue weighted by molar-refractivity contribution is 5.94. The van der Waals surface area contributed by atoms with Gasteiger partial charge in [-0.1, -0.05) is 6.58 Å². The summed E-state index contributed by atoms with van der Waals surface area (Å²) in [6.07, 6.45) is 0. The Morgan fingerprint density at radius 2 is 1.94 bits per heavy atom. The molecule has 0 spiro atoms. The molecule has 0 saturated carbocycles. The van der Waals surface area contributed by atoms with Crippen LogP contribution in [0.5, 0.6) is 0 Å². The molecule has 3 N–H and O–H groups in total. The maximum absolute atomic E-state index is 11.6. The van der Waals surface area contributed by atoms with Gasteiger partial charge in [0, 0.05) is 19.7 Å². The number of carbonyl (C=O) groups excluding carboxylic acids is 2. The Balaban J connectivity index is 2.98. The van der Waals surface area contributed by atoms with Gasteiger partial charge in [-0.05, 0) is 19.1 Å². The number of aryl methyl sites for hydroxylation is 1. The van der Waals surface area contributed by atoms with Gasteiger partial charge in [0.05, 0.1) is 0 Å². The Kier molecular flexibility index (Phi) is 4.53. The maximum Gasteiger partial charge on any atom is 0.315 e. The summed E-state index contributed by atoms with van der Waals surface area (Å²) >= 11 is 0. The fourth-order valence-corrected chi connectivity index (χ4v) is 1.43. The van der Waals surface area contributed by atoms with Crippen molar-refractivity contribution in [2.24, 2.45) is 0 Å². The number of hydrogen-bond acceptors (Lipinski definition) is 3. The van der Waals surface area contributed by atoms with Crippen LogP contribution < -0.4 is 16.0 Å². The number of furan rings is 1. The lowest BCUT2D eigenvalue weighted by atomic mass is 10.1. The molecule has 0 radical (unpaired) electrons. The molecule has 0 aliphatic carbocycles. The number of urea groups is 1. The highest BCUT2D eigenvalue weighted by atomic mass is 16.3. The topological polar surface area (TPSA) is 83.4 Å². The average Bonchev–Trinajstić information content (AvgIpc) is 2.80. The van der Waals surface area contributed by atoms with E-state index in [0.717, 1.165) is 0 Å². The number of rotatable bonds is 4. The first-order chi connectivity index (χ1) is 8.49. The Morgan fingerprint density at radius 3 is 2.39 bits per heavy atom. The molecule has 6 nitrogen and oxygen atoms in total. The van der Waals surface area contributed by atoms with E-state index < -0.39 is 12.1 Å². The third kappa shape index (κ3) is 3.13. The van der Waals surface area contributed by atoms with Crippen LogP contribution >= 0.6 is 0 Å². The SMILES string of the molecule is C=C(C(=O)NC)C(NC(=O)NC)c1ccc(C)o1. The summed E-state index contributed by atoms with van der Waals surface area (Å²) in [5, 5.41) is 7.49. The third-order valence-corrected chi connectivity index (χ3v) is 2.42. The van der Waals surface area contributed by atoms with Crippen molar-refractivity contribution in [3.8, 4) is 0 Å². The van der Waals surface area contributed by atoms with Crippen molar-refractivity contribution in [3.63, 3.8) is 0 Å². The van der Waals surface area contributed by atoms with E-state index in [1.54, 1.807) is 19.1 Å². The van der Waals surface area contributed by atoms with E-state index in [0.29, 0.717) is 11.5 Å². The predicted octanol–water partition coefficient (Wildman–Crippen LogP) is 0.860. The van der Waals surface area contributed by atoms with Gasteiger partial charge in [0.15, 0.2) is 0 Å². The lowest BCUT2D eigenvalue weighted by Crippen LogP contribution is -2.39. The molecule has 1 unspecified atom stereocenters. The minimum Gasteiger partial charge on any atom is -0.464 e. The van der Waals surface area contributed by atoms with Gasteiger partial charge in [-0.25, -0.2) is 4.79 Å². The predicted molar refractivity (Wildman–Crippen MR) is 67.0 cm³/mol. The zero-order chi connectivity index (χ0) is 13.7. The zero-order valence-electron chi connectivity index (χ0n) is 10.7. The first-order valence-corrected chi connectivity index (χ1v) is 5.45. The van der Waals surface area contributed by atoms with Crippen molar-refractivity contribution in [3.05, 3.63) is 35.8 Å². The summed E-state index contributed by atoms with van der Waals surface area (Å²) in [7, 11) is 2.99. The van der Waals surface area contributed by atoms with Crippen LogP contribution in [0, 0.1) is 6.92 Å². The summed E-state index contributed by atoms with van der Waals surface area (Å²) < 4.78 is 5.42. The molecule has 0 aliphatic heterocycles. The Labute approximate surface area is 105 Å². The molecule has 0 saturated heterocycles. The molecule has 1 rings (SSSR count). The summed E-state index contributed by atoms with van der Waals surface area (Å²) in [5.74, 6) is 0.800. The van der Waals surface area contributed by atoms with Crippen LogP contribution in [0.25, 0.3) is 0 Å². The van der Waals surface area contributed by atoms with E-state index >= 15 is 0 Å². The normalized spacial score (nSPS) is 11.5. The summed E-state index contributed by atoms with van der Waals surface area (Å²) in [4.78, 5) is 23.0. The van der Waals surface area contributed by atoms with E-state index in [4.69, 9.17) is 4.42 Å². The van der Waals surface area contributed by atoms with Gasteiger partial charge in [0.25, 0.3) is 0 Å². The highest BCUT2D eigenvalue weighted by Crippen LogP contribution is 2.22. The van der Waals surface area contributed by atoms with Gasteiger partial charge in [-0.2, -0.15) is 0 Å². The lowest BCUT2D eigenvalue weighted by molar-refractivity contribution is -0.117. The fourth-order valence-electron chi connectivity index (χ4n) is 1.43. The van der Waals surface area contributed by atoms with E-state index in [1.807, 2.05) is 0 Å². The number of amides is 3. The number of likely N-dealkylation sites (N-methyl/N-ethyl adjacent to an activating group) is 1. The van der Waals surface area contributed by atoms with Crippen molar-refractivity contribution in [1.29, 1.82) is 0 Å². The molecule has 0 bridgehead atoms. The smallest absolute Gasteiger partial charge is 0.315 e. The second-order valence-corrected chi connectivity index (χ2v) is 3.71. The van der Waals surface area contributed by atoms with E-state index in [-0.39, 0.29) is 11.5 Å². The molecule has 6 heteroatoms. The van der Waals surface area contributed by atoms with Crippen LogP contribution in [0.15, 0.2) is 28.7 Å². The van der Waals surface area contributed by atoms with Crippen molar-refractivity contribution < 1.29 is 14.0 Å². The van der Waals surface area contributed by atoms with Crippen molar-refractivity contribution >= 4 is 11.9 Å². The molecule has 1 aromatic heterocycles. The van der Waals surface area contributed by atoms with Crippen LogP contribution in [0.4, 0.5) is 4.79 Å². The summed E-state index contributed by atoms with van der Waals surface area (Å²) in [5.41, 5.74) is 0.204. The monoisotopic (exact) mass is 251 g/mol. The summed E-state index contributed by atoms with van der Waals surface area (Å²) in [6, 6.07) is 2.34. The molecule has 18 heavy (non-hydrogen) atoms. The van der Waals surface area contributed by atoms with Crippen molar-refractivity contribution in [1.82, 2.24) is 16.0 Å². The van der Waals surface area contributed by atoms with Crippen LogP contribution in [0.2, 0.25) is 0 Å². The second-order valence-electron chi connectivity index (χ2n) is 3.71. The van der Waals surface area contributed by atoms with Crippen LogP contribution in [0.3, 0.4) is 0 Å². The Morgan fingerprint density at radius 1 is 1.28 bits per heavy atom. The molecule has 3 amide bonds. The molecule has 0 aliphatic rings. The molecular formula is C12H17N3O3. The third-order valence-electron chi connectivity index (χ3n) is 2.42. The Bertz CT molecular complexity index is 465. The highest BCUT2D eigenvalue weighted by Gasteiger charge is 2.24. The largest absolute Gasteiger partial charge is 0.464 e. The number of hydrogen-bond donors (Lipinski definition) is 3. The molecule has 98 valence electrons. The first kappa shape index (κ1) is 13.8. The van der Waals surface area contributed by atoms with E-state index in [1.165, 1.54) is 14.1 Å². The standard InChI is InChI=1S/C12H17N3O3/c1-7-5-6-9(18-7)10(15-12(17)14-4)8(2)11(16)13-3/h5-6,10H,2H2,1,3-4H3,(H,13,16)(H2,14,15,17). The van der Waals surface area contributed by atoms with E-state index in [9.17, 15) is 9.59 Å². The summed E-state index contributed by atoms with van der Waals surface area (Å²) in [6.45, 7) is 5.47. The van der Waals surface area contributed by atoms with Gasteiger partial charge >= 0.3 is 6.03 Å². The van der Waals surface area contributed by atoms with Gasteiger partial charge in [-0.3, -0.25) is 4.79 Å². The number of nitrogens with one attached hydrogen (secondary N) is 3. The Hall–Kier alpha value is -2.24. The fraction of sp³-hybridized carbons (Fsp3) is 0.333. The van der Waals surface area contributed by atoms with Gasteiger partial charge in [0.2, 0.25) is 5.91 Å². The van der Waals surface area contributed by atoms with Crippen LogP contribution in [-0.4, -0.2) is 26.0 Å². The zero-order valence-corrected chi connectivity index (χ0v) is 10.7. The minimum atomic E-state index is -0.696. The molecule has 1 heterocycles. The van der Waals surface area contributed by atoms with Gasteiger partial charge in [0.1, 0.15) is 17.6 Å². The van der Waals surface area contributed by atoms with Crippen molar-refractivity contribution in [2.45, 2.75) is 13.0 Å². The number of carbonyl (C=O) groups is 2.